The zero-order valence-corrected chi connectivity index (χ0v) is 24.6. The second kappa shape index (κ2) is 9.91. The summed E-state index contributed by atoms with van der Waals surface area (Å²) in [7, 11) is 0. The van der Waals surface area contributed by atoms with E-state index in [0.29, 0.717) is 33.8 Å². The second-order valence-electron chi connectivity index (χ2n) is 12.0. The van der Waals surface area contributed by atoms with Gasteiger partial charge in [0.15, 0.2) is 0 Å². The van der Waals surface area contributed by atoms with Gasteiger partial charge < -0.3 is 5.11 Å². The third-order valence-electron chi connectivity index (χ3n) is 10.2. The maximum atomic E-state index is 15.1. The molecule has 0 spiro atoms. The van der Waals surface area contributed by atoms with E-state index >= 15 is 4.79 Å². The van der Waals surface area contributed by atoms with Gasteiger partial charge in [0, 0.05) is 23.0 Å². The Kier molecular flexibility index (Phi) is 6.36. The van der Waals surface area contributed by atoms with Crippen molar-refractivity contribution in [3.63, 3.8) is 0 Å². The number of carbonyl (C=O) groups is 4. The van der Waals surface area contributed by atoms with E-state index in [2.05, 4.69) is 0 Å². The largest absolute Gasteiger partial charge is 0.507 e. The number of para-hydroxylation sites is 1. The summed E-state index contributed by atoms with van der Waals surface area (Å²) < 4.78 is 0. The van der Waals surface area contributed by atoms with E-state index in [1.54, 1.807) is 44.2 Å². The average molecular weight is 595 g/mol. The van der Waals surface area contributed by atoms with Crippen LogP contribution in [0.2, 0.25) is 5.02 Å². The molecule has 4 amide bonds. The summed E-state index contributed by atoms with van der Waals surface area (Å²) in [4.78, 5) is 59.3. The van der Waals surface area contributed by atoms with E-state index in [0.717, 1.165) is 5.57 Å². The van der Waals surface area contributed by atoms with Crippen molar-refractivity contribution in [1.82, 2.24) is 4.90 Å². The Balaban J connectivity index is 1.53. The van der Waals surface area contributed by atoms with Crippen molar-refractivity contribution in [2.24, 2.45) is 23.7 Å². The topological polar surface area (TPSA) is 95.0 Å². The van der Waals surface area contributed by atoms with Crippen LogP contribution in [-0.4, -0.2) is 40.2 Å². The van der Waals surface area contributed by atoms with Crippen molar-refractivity contribution in [3.8, 4) is 5.75 Å². The van der Waals surface area contributed by atoms with Gasteiger partial charge in [-0.25, -0.2) is 4.90 Å². The fourth-order valence-corrected chi connectivity index (χ4v) is 8.56. The van der Waals surface area contributed by atoms with Gasteiger partial charge in [-0.2, -0.15) is 0 Å². The van der Waals surface area contributed by atoms with Crippen LogP contribution >= 0.6 is 11.6 Å². The normalized spacial score (nSPS) is 29.8. The van der Waals surface area contributed by atoms with Gasteiger partial charge in [-0.1, -0.05) is 77.8 Å². The molecule has 2 aliphatic heterocycles. The number of phenols is 1. The number of nitrogens with zero attached hydrogens (tertiary/aromatic N) is 2. The van der Waals surface area contributed by atoms with Gasteiger partial charge in [-0.3, -0.25) is 24.1 Å². The van der Waals surface area contributed by atoms with E-state index in [-0.39, 0.29) is 36.4 Å². The first-order valence-electron chi connectivity index (χ1n) is 14.7. The monoisotopic (exact) mass is 594 g/mol. The van der Waals surface area contributed by atoms with E-state index in [1.165, 1.54) is 9.80 Å². The lowest BCUT2D eigenvalue weighted by atomic mass is 9.49. The summed E-state index contributed by atoms with van der Waals surface area (Å²) in [6.45, 7) is 3.87. The number of carbonyl (C=O) groups excluding carboxylic acids is 4. The number of imide groups is 2. The quantitative estimate of drug-likeness (QED) is 0.316. The van der Waals surface area contributed by atoms with Crippen LogP contribution in [0.4, 0.5) is 5.69 Å². The zero-order valence-electron chi connectivity index (χ0n) is 23.9. The molecule has 2 saturated heterocycles. The Labute approximate surface area is 254 Å². The van der Waals surface area contributed by atoms with E-state index < -0.39 is 40.9 Å². The molecule has 43 heavy (non-hydrogen) atoms. The number of amides is 4. The first kappa shape index (κ1) is 27.6. The molecular formula is C35H31ClN2O5. The number of benzene rings is 3. The van der Waals surface area contributed by atoms with Crippen molar-refractivity contribution >= 4 is 40.9 Å². The SMILES string of the molecule is CCN1C(=O)[C@H]2[C@H](CC=C3[C@H]2C[C@H]2C(=O)N(c4cccc(Cl)c4)C(=O)[C@@]2(c2ccccc2)[C@H]3c2cccc(C)c2O)C1=O. The molecule has 1 N–H and O–H groups in total. The van der Waals surface area contributed by atoms with Crippen LogP contribution in [0.25, 0.3) is 0 Å². The minimum absolute atomic E-state index is 0.0516. The first-order chi connectivity index (χ1) is 20.7. The fraction of sp³-hybridized carbons (Fsp3) is 0.314. The summed E-state index contributed by atoms with van der Waals surface area (Å²) in [5.74, 6) is -4.32. The van der Waals surface area contributed by atoms with Gasteiger partial charge in [0.1, 0.15) is 5.75 Å². The van der Waals surface area contributed by atoms with Gasteiger partial charge in [-0.05, 0) is 61.9 Å². The van der Waals surface area contributed by atoms with Gasteiger partial charge in [0.2, 0.25) is 23.6 Å². The Morgan fingerprint density at radius 2 is 1.65 bits per heavy atom. The summed E-state index contributed by atoms with van der Waals surface area (Å²) >= 11 is 6.34. The van der Waals surface area contributed by atoms with Crippen molar-refractivity contribution in [2.45, 2.75) is 38.0 Å². The van der Waals surface area contributed by atoms with Crippen LogP contribution in [0, 0.1) is 30.6 Å². The fourth-order valence-electron chi connectivity index (χ4n) is 8.38. The van der Waals surface area contributed by atoms with E-state index in [4.69, 9.17) is 11.6 Å². The van der Waals surface area contributed by atoms with Crippen molar-refractivity contribution in [1.29, 1.82) is 0 Å². The predicted octanol–water partition coefficient (Wildman–Crippen LogP) is 5.54. The minimum atomic E-state index is -1.41. The predicted molar refractivity (Wildman–Crippen MR) is 161 cm³/mol. The van der Waals surface area contributed by atoms with Crippen LogP contribution < -0.4 is 4.90 Å². The molecule has 8 heteroatoms. The molecule has 1 saturated carbocycles. The number of likely N-dealkylation sites (tertiary alicyclic amines) is 1. The zero-order chi connectivity index (χ0) is 30.2. The third kappa shape index (κ3) is 3.67. The Morgan fingerprint density at radius 1 is 0.907 bits per heavy atom. The summed E-state index contributed by atoms with van der Waals surface area (Å²) in [5.41, 5.74) is 1.63. The number of halogens is 1. The molecular weight excluding hydrogens is 564 g/mol. The highest BCUT2D eigenvalue weighted by Gasteiger charge is 2.70. The maximum Gasteiger partial charge on any atom is 0.246 e. The number of hydrogen-bond donors (Lipinski definition) is 1. The molecule has 4 aliphatic rings. The summed E-state index contributed by atoms with van der Waals surface area (Å²) in [6, 6.07) is 21.4. The van der Waals surface area contributed by atoms with Crippen LogP contribution in [0.5, 0.6) is 5.75 Å². The standard InChI is InChI=1S/C35H31ClN2O5/c1-3-37-31(40)24-16-15-23-26(28(24)33(37)42)18-27-32(41)38(22-13-8-12-21(36)17-22)34(43)35(27,20-10-5-4-6-11-20)29(23)25-14-7-9-19(2)30(25)39/h4-15,17,24,26-29,39H,3,16,18H2,1-2H3/t24-,26+,27-,28-,29+,35+/m0/s1. The van der Waals surface area contributed by atoms with Gasteiger partial charge >= 0.3 is 0 Å². The van der Waals surface area contributed by atoms with Crippen molar-refractivity contribution in [3.05, 3.63) is 106 Å². The number of allylic oxidation sites excluding steroid dienone is 2. The molecule has 7 rings (SSSR count). The van der Waals surface area contributed by atoms with Gasteiger partial charge in [-0.15, -0.1) is 0 Å². The second-order valence-corrected chi connectivity index (χ2v) is 12.5. The number of aryl methyl sites for hydroxylation is 1. The number of anilines is 1. The van der Waals surface area contributed by atoms with Crippen LogP contribution in [0.15, 0.2) is 84.4 Å². The van der Waals surface area contributed by atoms with Crippen LogP contribution in [0.1, 0.15) is 42.4 Å². The average Bonchev–Trinajstić information content (AvgIpc) is 3.39. The van der Waals surface area contributed by atoms with Crippen molar-refractivity contribution < 1.29 is 24.3 Å². The molecule has 0 bridgehead atoms. The number of hydrogen-bond acceptors (Lipinski definition) is 5. The third-order valence-corrected chi connectivity index (χ3v) is 10.4. The molecule has 218 valence electrons. The van der Waals surface area contributed by atoms with Gasteiger partial charge in [0.05, 0.1) is 28.9 Å². The smallest absolute Gasteiger partial charge is 0.246 e. The van der Waals surface area contributed by atoms with Crippen LogP contribution in [-0.2, 0) is 24.6 Å². The summed E-state index contributed by atoms with van der Waals surface area (Å²) in [5, 5.41) is 12.0. The number of aromatic hydroxyl groups is 1. The van der Waals surface area contributed by atoms with Gasteiger partial charge in [0.25, 0.3) is 0 Å². The summed E-state index contributed by atoms with van der Waals surface area (Å²) in [6.07, 6.45) is 2.59. The highest BCUT2D eigenvalue weighted by Crippen LogP contribution is 2.65. The Hall–Kier alpha value is -4.23. The number of fused-ring (bicyclic) bond motifs is 4. The molecule has 3 aromatic rings. The maximum absolute atomic E-state index is 15.1. The molecule has 2 aliphatic carbocycles. The lowest BCUT2D eigenvalue weighted by Crippen LogP contribution is -2.53. The Bertz CT molecular complexity index is 1730. The Morgan fingerprint density at radius 3 is 2.37 bits per heavy atom. The van der Waals surface area contributed by atoms with E-state index in [9.17, 15) is 19.5 Å². The highest BCUT2D eigenvalue weighted by molar-refractivity contribution is 6.32. The molecule has 6 atom stereocenters. The van der Waals surface area contributed by atoms with Crippen LogP contribution in [0.3, 0.4) is 0 Å². The lowest BCUT2D eigenvalue weighted by Gasteiger charge is -2.50. The molecule has 3 fully saturated rings. The lowest BCUT2D eigenvalue weighted by molar-refractivity contribution is -0.140. The molecule has 2 heterocycles. The molecule has 0 unspecified atom stereocenters. The first-order valence-corrected chi connectivity index (χ1v) is 15.1. The molecule has 0 radical (unpaired) electrons. The highest BCUT2D eigenvalue weighted by atomic mass is 35.5. The molecule has 3 aromatic carbocycles. The number of rotatable bonds is 4. The van der Waals surface area contributed by atoms with E-state index in [1.807, 2.05) is 48.5 Å². The van der Waals surface area contributed by atoms with Crippen molar-refractivity contribution in [2.75, 3.05) is 11.4 Å². The molecule has 7 nitrogen and oxygen atoms in total. The minimum Gasteiger partial charge on any atom is -0.507 e. The molecule has 0 aromatic heterocycles. The number of phenolic OH excluding ortho intramolecular Hbond substituents is 1.